The zero-order valence-corrected chi connectivity index (χ0v) is 11.5. The summed E-state index contributed by atoms with van der Waals surface area (Å²) in [5.74, 6) is 4.40. The normalized spacial score (nSPS) is 46.5. The highest BCUT2D eigenvalue weighted by Gasteiger charge is 2.58. The van der Waals surface area contributed by atoms with Crippen LogP contribution in [0.2, 0.25) is 0 Å². The van der Waals surface area contributed by atoms with E-state index in [9.17, 15) is 4.79 Å². The molecule has 1 amide bonds. The first-order valence-electron chi connectivity index (χ1n) is 7.22. The van der Waals surface area contributed by atoms with E-state index in [0.29, 0.717) is 5.41 Å². The number of nitrogens with one attached hydrogen (secondary N) is 1. The molecule has 0 aromatic heterocycles. The van der Waals surface area contributed by atoms with E-state index in [2.05, 4.69) is 18.2 Å². The predicted octanol–water partition coefficient (Wildman–Crippen LogP) is 2.73. The molecule has 0 aromatic carbocycles. The maximum atomic E-state index is 12.6. The Bertz CT molecular complexity index is 405. The molecule has 0 spiro atoms. The Morgan fingerprint density at radius 2 is 1.94 bits per heavy atom. The molecule has 4 fully saturated rings. The number of hydrogen-bond donors (Lipinski definition) is 1. The summed E-state index contributed by atoms with van der Waals surface area (Å²) in [6, 6.07) is -0.140. The van der Waals surface area contributed by atoms with Crippen LogP contribution in [0.25, 0.3) is 0 Å². The van der Waals surface area contributed by atoms with Crippen LogP contribution in [0.15, 0.2) is 0 Å². The molecular formula is C16H23NO. The molecule has 4 aliphatic rings. The fourth-order valence-corrected chi connectivity index (χ4v) is 5.38. The molecule has 3 unspecified atom stereocenters. The maximum Gasteiger partial charge on any atom is 0.227 e. The third kappa shape index (κ3) is 1.76. The molecule has 2 heteroatoms. The molecule has 4 aliphatic carbocycles. The summed E-state index contributed by atoms with van der Waals surface area (Å²) >= 11 is 0. The Labute approximate surface area is 110 Å². The molecule has 3 atom stereocenters. The van der Waals surface area contributed by atoms with Gasteiger partial charge in [-0.3, -0.25) is 4.79 Å². The number of carbonyl (C=O) groups excluding carboxylic acids is 1. The SMILES string of the molecule is C#CC(C)NC(=O)C12CC3CC(CC(C)(C3)C1)C2. The van der Waals surface area contributed by atoms with Gasteiger partial charge in [0.15, 0.2) is 0 Å². The minimum Gasteiger partial charge on any atom is -0.342 e. The Morgan fingerprint density at radius 3 is 2.44 bits per heavy atom. The lowest BCUT2D eigenvalue weighted by Crippen LogP contribution is -2.57. The van der Waals surface area contributed by atoms with Crippen LogP contribution in [0.5, 0.6) is 0 Å². The molecule has 1 N–H and O–H groups in total. The van der Waals surface area contributed by atoms with Crippen LogP contribution >= 0.6 is 0 Å². The van der Waals surface area contributed by atoms with Gasteiger partial charge in [-0.15, -0.1) is 6.42 Å². The summed E-state index contributed by atoms with van der Waals surface area (Å²) in [6.07, 6.45) is 12.7. The average molecular weight is 245 g/mol. The fourth-order valence-electron chi connectivity index (χ4n) is 5.38. The molecule has 0 saturated heterocycles. The minimum absolute atomic E-state index is 0.0933. The second-order valence-electron chi connectivity index (χ2n) is 7.41. The van der Waals surface area contributed by atoms with Gasteiger partial charge >= 0.3 is 0 Å². The van der Waals surface area contributed by atoms with Gasteiger partial charge in [0.2, 0.25) is 5.91 Å². The third-order valence-corrected chi connectivity index (χ3v) is 5.43. The van der Waals surface area contributed by atoms with Crippen molar-refractivity contribution in [2.45, 2.75) is 58.4 Å². The summed E-state index contributed by atoms with van der Waals surface area (Å²) in [5, 5.41) is 3.03. The van der Waals surface area contributed by atoms with Gasteiger partial charge in [0.25, 0.3) is 0 Å². The van der Waals surface area contributed by atoms with E-state index in [1.807, 2.05) is 6.92 Å². The van der Waals surface area contributed by atoms with Crippen LogP contribution < -0.4 is 5.32 Å². The Balaban J connectivity index is 1.83. The number of carbonyl (C=O) groups is 1. The third-order valence-electron chi connectivity index (χ3n) is 5.43. The van der Waals surface area contributed by atoms with Crippen LogP contribution in [-0.2, 0) is 4.79 Å². The second kappa shape index (κ2) is 3.76. The van der Waals surface area contributed by atoms with Crippen molar-refractivity contribution in [1.29, 1.82) is 0 Å². The van der Waals surface area contributed by atoms with E-state index < -0.39 is 0 Å². The van der Waals surface area contributed by atoms with Crippen molar-refractivity contribution < 1.29 is 4.79 Å². The highest BCUT2D eigenvalue weighted by Crippen LogP contribution is 2.65. The first-order chi connectivity index (χ1) is 8.45. The lowest BCUT2D eigenvalue weighted by molar-refractivity contribution is -0.155. The van der Waals surface area contributed by atoms with Crippen LogP contribution in [0.4, 0.5) is 0 Å². The molecule has 98 valence electrons. The summed E-state index contributed by atoms with van der Waals surface area (Å²) in [6.45, 7) is 4.28. The van der Waals surface area contributed by atoms with Gasteiger partial charge in [-0.1, -0.05) is 12.8 Å². The lowest BCUT2D eigenvalue weighted by Gasteiger charge is -2.60. The number of terminal acetylenes is 1. The zero-order valence-electron chi connectivity index (χ0n) is 11.5. The largest absolute Gasteiger partial charge is 0.342 e. The fraction of sp³-hybridized carbons (Fsp3) is 0.812. The zero-order chi connectivity index (χ0) is 13.0. The Kier molecular flexibility index (Phi) is 2.52. The summed E-state index contributed by atoms with van der Waals surface area (Å²) in [4.78, 5) is 12.6. The van der Waals surface area contributed by atoms with Gasteiger partial charge < -0.3 is 5.32 Å². The van der Waals surface area contributed by atoms with E-state index >= 15 is 0 Å². The Hall–Kier alpha value is -0.970. The van der Waals surface area contributed by atoms with Gasteiger partial charge in [0.1, 0.15) is 0 Å². The number of amides is 1. The van der Waals surface area contributed by atoms with Crippen LogP contribution in [0, 0.1) is 35.0 Å². The summed E-state index contributed by atoms with van der Waals surface area (Å²) < 4.78 is 0. The monoisotopic (exact) mass is 245 g/mol. The van der Waals surface area contributed by atoms with Gasteiger partial charge in [0, 0.05) is 0 Å². The van der Waals surface area contributed by atoms with E-state index in [1.165, 1.54) is 19.3 Å². The lowest BCUT2D eigenvalue weighted by atomic mass is 9.44. The van der Waals surface area contributed by atoms with Crippen molar-refractivity contribution in [1.82, 2.24) is 5.32 Å². The van der Waals surface area contributed by atoms with Crippen molar-refractivity contribution in [2.75, 3.05) is 0 Å². The van der Waals surface area contributed by atoms with Crippen molar-refractivity contribution >= 4 is 5.91 Å². The van der Waals surface area contributed by atoms with Crippen LogP contribution in [0.1, 0.15) is 52.4 Å². The van der Waals surface area contributed by atoms with Crippen LogP contribution in [0.3, 0.4) is 0 Å². The van der Waals surface area contributed by atoms with Gasteiger partial charge in [0.05, 0.1) is 11.5 Å². The standard InChI is InChI=1S/C16H23NO/c1-4-11(2)17-14(18)16-8-12-5-13(9-16)7-15(3,6-12)10-16/h1,11-13H,5-10H2,2-3H3,(H,17,18). The molecule has 0 aliphatic heterocycles. The first kappa shape index (κ1) is 12.1. The molecule has 0 heterocycles. The Morgan fingerprint density at radius 1 is 1.33 bits per heavy atom. The predicted molar refractivity (Wildman–Crippen MR) is 71.7 cm³/mol. The molecule has 18 heavy (non-hydrogen) atoms. The van der Waals surface area contributed by atoms with E-state index in [4.69, 9.17) is 6.42 Å². The molecular weight excluding hydrogens is 222 g/mol. The molecule has 0 aromatic rings. The van der Waals surface area contributed by atoms with Gasteiger partial charge in [-0.2, -0.15) is 0 Å². The van der Waals surface area contributed by atoms with E-state index in [0.717, 1.165) is 31.1 Å². The number of hydrogen-bond acceptors (Lipinski definition) is 1. The van der Waals surface area contributed by atoms with E-state index in [-0.39, 0.29) is 17.4 Å². The maximum absolute atomic E-state index is 12.6. The van der Waals surface area contributed by atoms with Crippen molar-refractivity contribution in [3.63, 3.8) is 0 Å². The van der Waals surface area contributed by atoms with Crippen molar-refractivity contribution in [3.8, 4) is 12.3 Å². The van der Waals surface area contributed by atoms with E-state index in [1.54, 1.807) is 0 Å². The highest BCUT2D eigenvalue weighted by molar-refractivity contribution is 5.83. The van der Waals surface area contributed by atoms with Crippen LogP contribution in [-0.4, -0.2) is 11.9 Å². The summed E-state index contributed by atoms with van der Waals surface area (Å²) in [5.41, 5.74) is 0.324. The average Bonchev–Trinajstić information content (AvgIpc) is 2.25. The van der Waals surface area contributed by atoms with Crippen molar-refractivity contribution in [3.05, 3.63) is 0 Å². The second-order valence-corrected chi connectivity index (χ2v) is 7.41. The molecule has 2 nitrogen and oxygen atoms in total. The molecule has 4 saturated carbocycles. The summed E-state index contributed by atoms with van der Waals surface area (Å²) in [7, 11) is 0. The van der Waals surface area contributed by atoms with Crippen molar-refractivity contribution in [2.24, 2.45) is 22.7 Å². The minimum atomic E-state index is -0.140. The first-order valence-corrected chi connectivity index (χ1v) is 7.22. The van der Waals surface area contributed by atoms with Gasteiger partial charge in [-0.25, -0.2) is 0 Å². The van der Waals surface area contributed by atoms with Gasteiger partial charge in [-0.05, 0) is 62.7 Å². The quantitative estimate of drug-likeness (QED) is 0.745. The molecule has 0 radical (unpaired) electrons. The highest BCUT2D eigenvalue weighted by atomic mass is 16.2. The molecule has 4 bridgehead atoms. The topological polar surface area (TPSA) is 29.1 Å². The number of rotatable bonds is 2. The smallest absolute Gasteiger partial charge is 0.227 e. The molecule has 4 rings (SSSR count).